The summed E-state index contributed by atoms with van der Waals surface area (Å²) in [6.07, 6.45) is 6.27. The van der Waals surface area contributed by atoms with Crippen molar-refractivity contribution in [1.29, 1.82) is 0 Å². The summed E-state index contributed by atoms with van der Waals surface area (Å²) in [5, 5.41) is 15.3. The first kappa shape index (κ1) is 25.2. The maximum absolute atomic E-state index is 13.8. The first-order valence-corrected chi connectivity index (χ1v) is 13.8. The van der Waals surface area contributed by atoms with Gasteiger partial charge in [0.15, 0.2) is 5.16 Å². The number of amides is 1. The molecule has 1 aliphatic heterocycles. The number of thioether (sulfide) groups is 1. The van der Waals surface area contributed by atoms with Gasteiger partial charge < -0.3 is 0 Å². The van der Waals surface area contributed by atoms with Gasteiger partial charge >= 0.3 is 0 Å². The van der Waals surface area contributed by atoms with E-state index in [2.05, 4.69) is 10.2 Å². The highest BCUT2D eigenvalue weighted by molar-refractivity contribution is 7.99. The van der Waals surface area contributed by atoms with Crippen molar-refractivity contribution in [3.8, 4) is 5.69 Å². The number of hydrogen-bond donors (Lipinski definition) is 0. The Balaban J connectivity index is 1.30. The van der Waals surface area contributed by atoms with Crippen LogP contribution in [0.2, 0.25) is 0 Å². The molecule has 2 atom stereocenters. The normalized spacial score (nSPS) is 19.7. The van der Waals surface area contributed by atoms with Crippen molar-refractivity contribution in [2.45, 2.75) is 30.5 Å². The third-order valence-electron chi connectivity index (χ3n) is 7.06. The van der Waals surface area contributed by atoms with Gasteiger partial charge in [-0.3, -0.25) is 9.36 Å². The van der Waals surface area contributed by atoms with Crippen LogP contribution in [-0.2, 0) is 4.79 Å². The second kappa shape index (κ2) is 10.9. The van der Waals surface area contributed by atoms with Gasteiger partial charge in [0.1, 0.15) is 18.0 Å². The van der Waals surface area contributed by atoms with Crippen LogP contribution in [0.25, 0.3) is 11.8 Å². The fourth-order valence-electron chi connectivity index (χ4n) is 5.24. The van der Waals surface area contributed by atoms with E-state index in [4.69, 9.17) is 5.10 Å². The van der Waals surface area contributed by atoms with E-state index >= 15 is 0 Å². The van der Waals surface area contributed by atoms with E-state index in [1.165, 1.54) is 36.0 Å². The summed E-state index contributed by atoms with van der Waals surface area (Å²) in [7, 11) is 0. The van der Waals surface area contributed by atoms with Gasteiger partial charge in [-0.15, -0.1) is 10.2 Å². The molecule has 0 radical (unpaired) electrons. The molecule has 39 heavy (non-hydrogen) atoms. The van der Waals surface area contributed by atoms with Crippen LogP contribution < -0.4 is 0 Å². The molecule has 1 aromatic heterocycles. The molecule has 196 valence electrons. The molecular formula is C30H25F2N5OS. The molecule has 4 aromatic rings. The highest BCUT2D eigenvalue weighted by Gasteiger charge is 2.43. The van der Waals surface area contributed by atoms with Crippen molar-refractivity contribution in [2.24, 2.45) is 11.0 Å². The van der Waals surface area contributed by atoms with Crippen molar-refractivity contribution in [3.63, 3.8) is 0 Å². The number of aromatic nitrogens is 3. The third-order valence-corrected chi connectivity index (χ3v) is 7.98. The summed E-state index contributed by atoms with van der Waals surface area (Å²) < 4.78 is 29.1. The summed E-state index contributed by atoms with van der Waals surface area (Å²) in [5.41, 5.74) is 4.54. The quantitative estimate of drug-likeness (QED) is 0.263. The van der Waals surface area contributed by atoms with E-state index in [1.807, 2.05) is 41.0 Å². The minimum absolute atomic E-state index is 0.0159. The Hall–Kier alpha value is -4.11. The van der Waals surface area contributed by atoms with Gasteiger partial charge in [0.05, 0.1) is 17.5 Å². The zero-order valence-corrected chi connectivity index (χ0v) is 21.8. The molecule has 0 spiro atoms. The van der Waals surface area contributed by atoms with Crippen molar-refractivity contribution in [3.05, 3.63) is 114 Å². The van der Waals surface area contributed by atoms with Crippen molar-refractivity contribution >= 4 is 29.5 Å². The number of carbonyl (C=O) groups excluding carboxylic acids is 1. The number of halogens is 2. The highest BCUT2D eigenvalue weighted by Crippen LogP contribution is 2.44. The Labute approximate surface area is 229 Å². The molecule has 3 aromatic carbocycles. The third kappa shape index (κ3) is 5.27. The molecular weight excluding hydrogens is 516 g/mol. The van der Waals surface area contributed by atoms with Crippen LogP contribution in [0, 0.1) is 17.6 Å². The Morgan fingerprint density at radius 3 is 2.44 bits per heavy atom. The zero-order chi connectivity index (χ0) is 26.8. The molecule has 2 aliphatic rings. The van der Waals surface area contributed by atoms with Crippen LogP contribution >= 0.6 is 11.8 Å². The Morgan fingerprint density at radius 1 is 0.974 bits per heavy atom. The summed E-state index contributed by atoms with van der Waals surface area (Å²) in [4.78, 5) is 13.7. The maximum Gasteiger partial charge on any atom is 0.253 e. The van der Waals surface area contributed by atoms with Crippen molar-refractivity contribution < 1.29 is 13.6 Å². The molecule has 1 saturated carbocycles. The van der Waals surface area contributed by atoms with E-state index in [9.17, 15) is 13.6 Å². The van der Waals surface area contributed by atoms with E-state index < -0.39 is 0 Å². The zero-order valence-electron chi connectivity index (χ0n) is 21.0. The molecule has 0 N–H and O–H groups in total. The van der Waals surface area contributed by atoms with E-state index in [1.54, 1.807) is 35.6 Å². The van der Waals surface area contributed by atoms with Gasteiger partial charge in [-0.2, -0.15) is 5.10 Å². The highest BCUT2D eigenvalue weighted by atomic mass is 32.2. The lowest BCUT2D eigenvalue weighted by Gasteiger charge is -2.29. The molecule has 6 rings (SSSR count). The Bertz CT molecular complexity index is 1530. The lowest BCUT2D eigenvalue weighted by atomic mass is 9.77. The van der Waals surface area contributed by atoms with Gasteiger partial charge in [0, 0.05) is 11.6 Å². The number of carbonyl (C=O) groups is 1. The first-order valence-electron chi connectivity index (χ1n) is 12.8. The number of hydrazone groups is 1. The summed E-state index contributed by atoms with van der Waals surface area (Å²) in [6.45, 7) is 0. The average Bonchev–Trinajstić information content (AvgIpc) is 3.60. The molecule has 1 aliphatic carbocycles. The predicted molar refractivity (Wildman–Crippen MR) is 147 cm³/mol. The SMILES string of the molecule is O=C(CSc1nncn1-c1ccccc1)N1N=C2/C(=C/c3ccc(F)cc3)CCCC2C1c1ccc(F)cc1. The molecule has 6 nitrogen and oxygen atoms in total. The fourth-order valence-corrected chi connectivity index (χ4v) is 6.02. The van der Waals surface area contributed by atoms with Crippen molar-refractivity contribution in [2.75, 3.05) is 5.75 Å². The standard InChI is InChI=1S/C30H25F2N5OS/c31-23-13-9-20(10-14-23)17-22-5-4-8-26-28(22)35-37(29(26)21-11-15-24(32)16-12-21)27(38)18-39-30-34-33-19-36(30)25-6-2-1-3-7-25/h1-3,6-7,9-17,19,26,29H,4-5,8,18H2/b22-17+. The number of allylic oxidation sites excluding steroid dienone is 1. The molecule has 2 heterocycles. The van der Waals surface area contributed by atoms with Crippen LogP contribution in [0.15, 0.2) is 101 Å². The van der Waals surface area contributed by atoms with Gasteiger partial charge in [-0.25, -0.2) is 13.8 Å². The van der Waals surface area contributed by atoms with E-state index in [-0.39, 0.29) is 35.3 Å². The number of fused-ring (bicyclic) bond motifs is 1. The van der Waals surface area contributed by atoms with Gasteiger partial charge in [0.25, 0.3) is 5.91 Å². The summed E-state index contributed by atoms with van der Waals surface area (Å²) in [6, 6.07) is 22.0. The van der Waals surface area contributed by atoms with Crippen LogP contribution in [0.3, 0.4) is 0 Å². The Kier molecular flexibility index (Phi) is 7.06. The Morgan fingerprint density at radius 2 is 1.69 bits per heavy atom. The number of rotatable bonds is 6. The van der Waals surface area contributed by atoms with Crippen LogP contribution in [-0.4, -0.2) is 37.1 Å². The van der Waals surface area contributed by atoms with Crippen molar-refractivity contribution in [1.82, 2.24) is 19.8 Å². The molecule has 0 bridgehead atoms. The molecule has 2 unspecified atom stereocenters. The number of para-hydroxylation sites is 1. The first-order chi connectivity index (χ1) is 19.1. The predicted octanol–water partition coefficient (Wildman–Crippen LogP) is 6.46. The summed E-state index contributed by atoms with van der Waals surface area (Å²) >= 11 is 1.30. The monoisotopic (exact) mass is 541 g/mol. The minimum Gasteiger partial charge on any atom is -0.277 e. The van der Waals surface area contributed by atoms with Gasteiger partial charge in [0.2, 0.25) is 0 Å². The second-order valence-corrected chi connectivity index (χ2v) is 10.5. The van der Waals surface area contributed by atoms with Crippen LogP contribution in [0.4, 0.5) is 8.78 Å². The lowest BCUT2D eigenvalue weighted by Crippen LogP contribution is -2.33. The van der Waals surface area contributed by atoms with Gasteiger partial charge in [-0.05, 0) is 78.4 Å². The largest absolute Gasteiger partial charge is 0.277 e. The van der Waals surface area contributed by atoms with E-state index in [0.717, 1.165) is 47.4 Å². The molecule has 1 fully saturated rings. The number of benzene rings is 3. The molecule has 9 heteroatoms. The molecule has 0 saturated heterocycles. The van der Waals surface area contributed by atoms with E-state index in [0.29, 0.717) is 5.16 Å². The van der Waals surface area contributed by atoms with Crippen LogP contribution in [0.1, 0.15) is 36.4 Å². The smallest absolute Gasteiger partial charge is 0.253 e. The van der Waals surface area contributed by atoms with Gasteiger partial charge in [-0.1, -0.05) is 54.2 Å². The fraction of sp³-hybridized carbons (Fsp3) is 0.200. The summed E-state index contributed by atoms with van der Waals surface area (Å²) in [5.74, 6) is -0.681. The second-order valence-electron chi connectivity index (χ2n) is 9.55. The molecule has 1 amide bonds. The maximum atomic E-state index is 13.8. The number of nitrogens with zero attached hydrogens (tertiary/aromatic N) is 5. The number of hydrogen-bond acceptors (Lipinski definition) is 5. The van der Waals surface area contributed by atoms with Crippen LogP contribution in [0.5, 0.6) is 0 Å². The minimum atomic E-state index is -0.336. The lowest BCUT2D eigenvalue weighted by molar-refractivity contribution is -0.130. The topological polar surface area (TPSA) is 63.4 Å². The average molecular weight is 542 g/mol.